The largest absolute Gasteiger partial charge is 0.368 e. The molecule has 1 aromatic heterocycles. The van der Waals surface area contributed by atoms with Gasteiger partial charge in [0, 0.05) is 12.3 Å². The van der Waals surface area contributed by atoms with Crippen LogP contribution in [0.25, 0.3) is 5.70 Å². The zero-order valence-corrected chi connectivity index (χ0v) is 9.99. The number of nitrogens with zero attached hydrogens (tertiary/aromatic N) is 3. The molecular formula is C11H13ClN4. The van der Waals surface area contributed by atoms with E-state index in [0.29, 0.717) is 10.8 Å². The van der Waals surface area contributed by atoms with E-state index in [9.17, 15) is 0 Å². The second-order valence-corrected chi connectivity index (χ2v) is 3.68. The summed E-state index contributed by atoms with van der Waals surface area (Å²) in [5.41, 5.74) is 7.86. The standard InChI is InChI=1S/C11H13ClN4/c1-4-5-14-10(7(2)3)8-6-9(12)16-11(13)15-8/h4-6H,1H2,2-3H3,(H2,13,15,16). The third-order valence-electron chi connectivity index (χ3n) is 1.74. The Morgan fingerprint density at radius 2 is 2.19 bits per heavy atom. The van der Waals surface area contributed by atoms with E-state index in [2.05, 4.69) is 21.5 Å². The molecule has 16 heavy (non-hydrogen) atoms. The normalized spacial score (nSPS) is 10.4. The van der Waals surface area contributed by atoms with Crippen LogP contribution in [0.4, 0.5) is 5.95 Å². The van der Waals surface area contributed by atoms with E-state index in [0.717, 1.165) is 11.3 Å². The molecule has 1 heterocycles. The zero-order valence-electron chi connectivity index (χ0n) is 9.24. The van der Waals surface area contributed by atoms with Crippen LogP contribution >= 0.6 is 11.6 Å². The number of rotatable bonds is 3. The molecule has 0 bridgehead atoms. The lowest BCUT2D eigenvalue weighted by molar-refractivity contribution is 1.14. The molecule has 0 radical (unpaired) electrons. The Labute approximate surface area is 99.6 Å². The van der Waals surface area contributed by atoms with Gasteiger partial charge >= 0.3 is 0 Å². The van der Waals surface area contributed by atoms with E-state index in [1.54, 1.807) is 18.4 Å². The number of allylic oxidation sites excluding steroid dienone is 2. The Balaban J connectivity index is 3.27. The fourth-order valence-electron chi connectivity index (χ4n) is 1.14. The molecule has 84 valence electrons. The average molecular weight is 237 g/mol. The van der Waals surface area contributed by atoms with Crippen molar-refractivity contribution in [2.24, 2.45) is 4.99 Å². The van der Waals surface area contributed by atoms with Gasteiger partial charge in [-0.15, -0.1) is 0 Å². The van der Waals surface area contributed by atoms with Gasteiger partial charge in [0.25, 0.3) is 0 Å². The Hall–Kier alpha value is -1.68. The van der Waals surface area contributed by atoms with Crippen LogP contribution in [0.3, 0.4) is 0 Å². The second-order valence-electron chi connectivity index (χ2n) is 3.30. The first kappa shape index (κ1) is 12.4. The quantitative estimate of drug-likeness (QED) is 0.648. The summed E-state index contributed by atoms with van der Waals surface area (Å²) in [5, 5.41) is 0.301. The average Bonchev–Trinajstić information content (AvgIpc) is 2.16. The van der Waals surface area contributed by atoms with Crippen LogP contribution in [0.2, 0.25) is 5.15 Å². The maximum absolute atomic E-state index is 5.81. The van der Waals surface area contributed by atoms with Crippen molar-refractivity contribution in [2.45, 2.75) is 13.8 Å². The van der Waals surface area contributed by atoms with Gasteiger partial charge in [-0.05, 0) is 19.4 Å². The van der Waals surface area contributed by atoms with Gasteiger partial charge in [-0.2, -0.15) is 0 Å². The van der Waals surface area contributed by atoms with Gasteiger partial charge in [0.05, 0.1) is 11.4 Å². The molecule has 0 aliphatic rings. The summed E-state index contributed by atoms with van der Waals surface area (Å²) >= 11 is 5.81. The molecule has 0 atom stereocenters. The molecule has 0 aliphatic heterocycles. The topological polar surface area (TPSA) is 64.2 Å². The summed E-state index contributed by atoms with van der Waals surface area (Å²) in [6.07, 6.45) is 3.18. The van der Waals surface area contributed by atoms with Crippen LogP contribution in [0.5, 0.6) is 0 Å². The second kappa shape index (κ2) is 5.42. The van der Waals surface area contributed by atoms with Gasteiger partial charge in [-0.1, -0.05) is 24.3 Å². The Morgan fingerprint density at radius 1 is 1.50 bits per heavy atom. The van der Waals surface area contributed by atoms with Crippen molar-refractivity contribution in [1.82, 2.24) is 9.97 Å². The van der Waals surface area contributed by atoms with Gasteiger partial charge in [-0.3, -0.25) is 4.99 Å². The maximum atomic E-state index is 5.81. The summed E-state index contributed by atoms with van der Waals surface area (Å²) in [4.78, 5) is 12.1. The lowest BCUT2D eigenvalue weighted by Crippen LogP contribution is -1.99. The van der Waals surface area contributed by atoms with Crippen molar-refractivity contribution in [1.29, 1.82) is 0 Å². The van der Waals surface area contributed by atoms with Gasteiger partial charge < -0.3 is 5.73 Å². The van der Waals surface area contributed by atoms with E-state index in [4.69, 9.17) is 17.3 Å². The summed E-state index contributed by atoms with van der Waals surface area (Å²) in [6.45, 7) is 7.43. The fourth-order valence-corrected chi connectivity index (χ4v) is 1.33. The van der Waals surface area contributed by atoms with Crippen LogP contribution in [-0.4, -0.2) is 16.2 Å². The van der Waals surface area contributed by atoms with Crippen molar-refractivity contribution in [3.63, 3.8) is 0 Å². The number of aromatic nitrogens is 2. The number of aliphatic imine (C=N–C) groups is 1. The molecule has 2 N–H and O–H groups in total. The van der Waals surface area contributed by atoms with Crippen LogP contribution in [0.1, 0.15) is 19.5 Å². The first-order valence-corrected chi connectivity index (χ1v) is 5.05. The van der Waals surface area contributed by atoms with E-state index in [1.165, 1.54) is 0 Å². The first-order chi connectivity index (χ1) is 7.54. The van der Waals surface area contributed by atoms with Gasteiger partial charge in [0.2, 0.25) is 5.95 Å². The van der Waals surface area contributed by atoms with E-state index in [1.807, 2.05) is 13.8 Å². The smallest absolute Gasteiger partial charge is 0.222 e. The van der Waals surface area contributed by atoms with Gasteiger partial charge in [0.15, 0.2) is 0 Å². The number of nitrogen functional groups attached to an aromatic ring is 1. The predicted molar refractivity (Wildman–Crippen MR) is 68.4 cm³/mol. The number of hydrogen-bond acceptors (Lipinski definition) is 4. The van der Waals surface area contributed by atoms with Crippen LogP contribution in [0.15, 0.2) is 29.3 Å². The number of anilines is 1. The zero-order chi connectivity index (χ0) is 12.1. The molecule has 0 aliphatic carbocycles. The van der Waals surface area contributed by atoms with Crippen LogP contribution < -0.4 is 5.73 Å². The molecule has 0 fully saturated rings. The molecule has 0 spiro atoms. The van der Waals surface area contributed by atoms with Crippen molar-refractivity contribution >= 4 is 29.5 Å². The SMILES string of the molecule is C=CC=NC(=C(C)C)c1cc(Cl)nc(N)n1. The number of nitrogens with two attached hydrogens (primary N) is 1. The minimum absolute atomic E-state index is 0.134. The molecule has 4 nitrogen and oxygen atoms in total. The summed E-state index contributed by atoms with van der Waals surface area (Å²) in [7, 11) is 0. The third-order valence-corrected chi connectivity index (χ3v) is 1.93. The highest BCUT2D eigenvalue weighted by molar-refractivity contribution is 6.29. The molecule has 1 aromatic rings. The number of hydrogen-bond donors (Lipinski definition) is 1. The first-order valence-electron chi connectivity index (χ1n) is 4.67. The molecule has 0 aromatic carbocycles. The van der Waals surface area contributed by atoms with E-state index < -0.39 is 0 Å². The molecule has 0 unspecified atom stereocenters. The van der Waals surface area contributed by atoms with E-state index in [-0.39, 0.29) is 5.95 Å². The summed E-state index contributed by atoms with van der Waals surface area (Å²) in [6, 6.07) is 1.63. The van der Waals surface area contributed by atoms with Crippen molar-refractivity contribution in [3.05, 3.63) is 35.1 Å². The molecule has 1 rings (SSSR count). The highest BCUT2D eigenvalue weighted by Gasteiger charge is 2.06. The highest BCUT2D eigenvalue weighted by atomic mass is 35.5. The van der Waals surface area contributed by atoms with Gasteiger partial charge in [0.1, 0.15) is 5.15 Å². The predicted octanol–water partition coefficient (Wildman–Crippen LogP) is 2.72. The Kier molecular flexibility index (Phi) is 4.19. The molecular weight excluding hydrogens is 224 g/mol. The van der Waals surface area contributed by atoms with E-state index >= 15 is 0 Å². The Morgan fingerprint density at radius 3 is 2.69 bits per heavy atom. The van der Waals surface area contributed by atoms with Crippen molar-refractivity contribution in [3.8, 4) is 0 Å². The number of halogens is 1. The molecule has 5 heteroatoms. The lowest BCUT2D eigenvalue weighted by atomic mass is 10.2. The monoisotopic (exact) mass is 236 g/mol. The molecule has 0 saturated carbocycles. The molecule has 0 amide bonds. The van der Waals surface area contributed by atoms with Crippen molar-refractivity contribution < 1.29 is 0 Å². The fraction of sp³-hybridized carbons (Fsp3) is 0.182. The third kappa shape index (κ3) is 3.17. The minimum Gasteiger partial charge on any atom is -0.368 e. The molecule has 0 saturated heterocycles. The van der Waals surface area contributed by atoms with Gasteiger partial charge in [-0.25, -0.2) is 9.97 Å². The minimum atomic E-state index is 0.134. The highest BCUT2D eigenvalue weighted by Crippen LogP contribution is 2.20. The van der Waals surface area contributed by atoms with Crippen LogP contribution in [0, 0.1) is 0 Å². The summed E-state index contributed by atoms with van der Waals surface area (Å²) in [5.74, 6) is 0.134. The summed E-state index contributed by atoms with van der Waals surface area (Å²) < 4.78 is 0. The maximum Gasteiger partial charge on any atom is 0.222 e. The van der Waals surface area contributed by atoms with Crippen molar-refractivity contribution in [2.75, 3.05) is 5.73 Å². The lowest BCUT2D eigenvalue weighted by Gasteiger charge is -2.04. The Bertz CT molecular complexity index is 439. The van der Waals surface area contributed by atoms with Crippen LogP contribution in [-0.2, 0) is 0 Å².